The van der Waals surface area contributed by atoms with Gasteiger partial charge in [-0.3, -0.25) is 4.79 Å². The number of hydrogen-bond acceptors (Lipinski definition) is 4. The van der Waals surface area contributed by atoms with E-state index < -0.39 is 0 Å². The molecular formula is C13H20N2O2S. The summed E-state index contributed by atoms with van der Waals surface area (Å²) in [5, 5.41) is 10.4. The van der Waals surface area contributed by atoms with Crippen molar-refractivity contribution in [3.63, 3.8) is 0 Å². The van der Waals surface area contributed by atoms with Crippen LogP contribution in [0.1, 0.15) is 40.6 Å². The second-order valence-electron chi connectivity index (χ2n) is 5.30. The van der Waals surface area contributed by atoms with Gasteiger partial charge in [-0.1, -0.05) is 13.8 Å². The van der Waals surface area contributed by atoms with Crippen molar-refractivity contribution in [1.82, 2.24) is 9.88 Å². The summed E-state index contributed by atoms with van der Waals surface area (Å²) in [4.78, 5) is 19.4. The number of aromatic nitrogens is 1. The molecule has 0 spiro atoms. The molecule has 1 saturated heterocycles. The summed E-state index contributed by atoms with van der Waals surface area (Å²) in [5.41, 5.74) is 0.916. The fraction of sp³-hybridized carbons (Fsp3) is 0.692. The van der Waals surface area contributed by atoms with Crippen molar-refractivity contribution >= 4 is 17.2 Å². The van der Waals surface area contributed by atoms with E-state index in [9.17, 15) is 9.90 Å². The van der Waals surface area contributed by atoms with Gasteiger partial charge in [0.1, 0.15) is 4.88 Å². The molecule has 2 rings (SSSR count). The van der Waals surface area contributed by atoms with Crippen molar-refractivity contribution in [2.75, 3.05) is 13.1 Å². The van der Waals surface area contributed by atoms with Gasteiger partial charge in [0.15, 0.2) is 0 Å². The molecule has 1 aliphatic heterocycles. The number of aliphatic hydroxyl groups is 1. The molecule has 4 nitrogen and oxygen atoms in total. The molecule has 1 fully saturated rings. The Labute approximate surface area is 112 Å². The van der Waals surface area contributed by atoms with Crippen LogP contribution < -0.4 is 0 Å². The van der Waals surface area contributed by atoms with E-state index in [-0.39, 0.29) is 12.0 Å². The third-order valence-electron chi connectivity index (χ3n) is 3.05. The highest BCUT2D eigenvalue weighted by atomic mass is 32.1. The average Bonchev–Trinajstić information content (AvgIpc) is 2.83. The van der Waals surface area contributed by atoms with Crippen LogP contribution in [0.15, 0.2) is 0 Å². The normalized spacial score (nSPS) is 19.8. The van der Waals surface area contributed by atoms with Crippen LogP contribution in [0, 0.1) is 12.8 Å². The molecule has 1 N–H and O–H groups in total. The zero-order valence-electron chi connectivity index (χ0n) is 11.1. The fourth-order valence-corrected chi connectivity index (χ4v) is 3.15. The van der Waals surface area contributed by atoms with Gasteiger partial charge in [0.25, 0.3) is 5.91 Å². The second-order valence-corrected chi connectivity index (χ2v) is 6.50. The van der Waals surface area contributed by atoms with Gasteiger partial charge in [-0.05, 0) is 25.7 Å². The minimum Gasteiger partial charge on any atom is -0.391 e. The number of rotatable bonds is 3. The SMILES string of the molecule is Cc1nc(CC(C)C)c(C(=O)N2CC[C@@H](O)C2)s1. The van der Waals surface area contributed by atoms with Gasteiger partial charge in [-0.25, -0.2) is 4.98 Å². The van der Waals surface area contributed by atoms with E-state index in [1.54, 1.807) is 4.90 Å². The van der Waals surface area contributed by atoms with Crippen molar-refractivity contribution < 1.29 is 9.90 Å². The van der Waals surface area contributed by atoms with E-state index in [4.69, 9.17) is 0 Å². The van der Waals surface area contributed by atoms with Crippen LogP contribution in [0.2, 0.25) is 0 Å². The highest BCUT2D eigenvalue weighted by molar-refractivity contribution is 7.13. The molecule has 0 bridgehead atoms. The first-order valence-corrected chi connectivity index (χ1v) is 7.22. The number of carbonyl (C=O) groups excluding carboxylic acids is 1. The van der Waals surface area contributed by atoms with Crippen LogP contribution >= 0.6 is 11.3 Å². The summed E-state index contributed by atoms with van der Waals surface area (Å²) < 4.78 is 0. The van der Waals surface area contributed by atoms with Crippen LogP contribution in [-0.2, 0) is 6.42 Å². The van der Waals surface area contributed by atoms with Crippen molar-refractivity contribution in [2.24, 2.45) is 5.92 Å². The number of aliphatic hydroxyl groups excluding tert-OH is 1. The monoisotopic (exact) mass is 268 g/mol. The summed E-state index contributed by atoms with van der Waals surface area (Å²) in [6.45, 7) is 7.30. The topological polar surface area (TPSA) is 53.4 Å². The average molecular weight is 268 g/mol. The molecule has 2 heterocycles. The lowest BCUT2D eigenvalue weighted by Crippen LogP contribution is -2.29. The number of nitrogens with zero attached hydrogens (tertiary/aromatic N) is 2. The number of β-amino-alcohol motifs (C(OH)–C–C–N with tert-alkyl or cyclic N) is 1. The lowest BCUT2D eigenvalue weighted by molar-refractivity contribution is 0.0768. The Bertz CT molecular complexity index is 442. The lowest BCUT2D eigenvalue weighted by atomic mass is 10.1. The van der Waals surface area contributed by atoms with Crippen LogP contribution in [0.3, 0.4) is 0 Å². The van der Waals surface area contributed by atoms with E-state index in [2.05, 4.69) is 18.8 Å². The van der Waals surface area contributed by atoms with Gasteiger partial charge in [-0.2, -0.15) is 0 Å². The number of aryl methyl sites for hydroxylation is 1. The van der Waals surface area contributed by atoms with Crippen molar-refractivity contribution in [2.45, 2.75) is 39.7 Å². The first-order chi connectivity index (χ1) is 8.47. The van der Waals surface area contributed by atoms with E-state index in [1.165, 1.54) is 11.3 Å². The minimum atomic E-state index is -0.364. The number of amides is 1. The number of hydrogen-bond donors (Lipinski definition) is 1. The van der Waals surface area contributed by atoms with Crippen LogP contribution in [-0.4, -0.2) is 40.1 Å². The number of likely N-dealkylation sites (tertiary alicyclic amines) is 1. The van der Waals surface area contributed by atoms with Crippen molar-refractivity contribution in [3.8, 4) is 0 Å². The Morgan fingerprint density at radius 1 is 1.61 bits per heavy atom. The molecule has 0 saturated carbocycles. The standard InChI is InChI=1S/C13H20N2O2S/c1-8(2)6-11-12(18-9(3)14-11)13(17)15-5-4-10(16)7-15/h8,10,16H,4-7H2,1-3H3/t10-/m1/s1. The lowest BCUT2D eigenvalue weighted by Gasteiger charge is -2.15. The predicted molar refractivity (Wildman–Crippen MR) is 71.9 cm³/mol. The van der Waals surface area contributed by atoms with Gasteiger partial charge in [-0.15, -0.1) is 11.3 Å². The molecule has 5 heteroatoms. The molecule has 1 amide bonds. The third-order valence-corrected chi connectivity index (χ3v) is 4.05. The van der Waals surface area contributed by atoms with E-state index in [0.29, 0.717) is 25.4 Å². The van der Waals surface area contributed by atoms with E-state index in [0.717, 1.165) is 22.0 Å². The maximum Gasteiger partial charge on any atom is 0.265 e. The Kier molecular flexibility index (Phi) is 4.02. The largest absolute Gasteiger partial charge is 0.391 e. The summed E-state index contributed by atoms with van der Waals surface area (Å²) in [6, 6.07) is 0. The highest BCUT2D eigenvalue weighted by Crippen LogP contribution is 2.24. The first kappa shape index (κ1) is 13.5. The Morgan fingerprint density at radius 2 is 2.33 bits per heavy atom. The van der Waals surface area contributed by atoms with Gasteiger partial charge in [0.05, 0.1) is 16.8 Å². The van der Waals surface area contributed by atoms with Crippen LogP contribution in [0.4, 0.5) is 0 Å². The highest BCUT2D eigenvalue weighted by Gasteiger charge is 2.28. The molecule has 0 unspecified atom stereocenters. The molecule has 100 valence electrons. The summed E-state index contributed by atoms with van der Waals surface area (Å²) in [6.07, 6.45) is 1.15. The number of thiazole rings is 1. The Hall–Kier alpha value is -0.940. The first-order valence-electron chi connectivity index (χ1n) is 6.41. The van der Waals surface area contributed by atoms with Gasteiger partial charge < -0.3 is 10.0 Å². The van der Waals surface area contributed by atoms with Crippen molar-refractivity contribution in [1.29, 1.82) is 0 Å². The zero-order chi connectivity index (χ0) is 13.3. The van der Waals surface area contributed by atoms with Gasteiger partial charge >= 0.3 is 0 Å². The van der Waals surface area contributed by atoms with Gasteiger partial charge in [0, 0.05) is 13.1 Å². The number of carbonyl (C=O) groups is 1. The molecule has 18 heavy (non-hydrogen) atoms. The minimum absolute atomic E-state index is 0.0350. The summed E-state index contributed by atoms with van der Waals surface area (Å²) >= 11 is 1.47. The fourth-order valence-electron chi connectivity index (χ4n) is 2.23. The molecule has 1 aromatic rings. The molecule has 0 radical (unpaired) electrons. The second kappa shape index (κ2) is 5.36. The smallest absolute Gasteiger partial charge is 0.265 e. The Balaban J connectivity index is 2.19. The molecule has 0 aliphatic carbocycles. The Morgan fingerprint density at radius 3 is 2.89 bits per heavy atom. The van der Waals surface area contributed by atoms with E-state index >= 15 is 0 Å². The third kappa shape index (κ3) is 2.90. The molecule has 1 aromatic heterocycles. The zero-order valence-corrected chi connectivity index (χ0v) is 12.0. The molecular weight excluding hydrogens is 248 g/mol. The van der Waals surface area contributed by atoms with Crippen LogP contribution in [0.5, 0.6) is 0 Å². The molecule has 1 aliphatic rings. The van der Waals surface area contributed by atoms with E-state index in [1.807, 2.05) is 6.92 Å². The van der Waals surface area contributed by atoms with Crippen LogP contribution in [0.25, 0.3) is 0 Å². The quantitative estimate of drug-likeness (QED) is 0.910. The molecule has 0 aromatic carbocycles. The predicted octanol–water partition coefficient (Wildman–Crippen LogP) is 1.86. The molecule has 1 atom stereocenters. The van der Waals surface area contributed by atoms with Gasteiger partial charge in [0.2, 0.25) is 0 Å². The maximum absolute atomic E-state index is 12.4. The van der Waals surface area contributed by atoms with Crippen molar-refractivity contribution in [3.05, 3.63) is 15.6 Å². The summed E-state index contributed by atoms with van der Waals surface area (Å²) in [7, 11) is 0. The maximum atomic E-state index is 12.4. The summed E-state index contributed by atoms with van der Waals surface area (Å²) in [5.74, 6) is 0.523.